The highest BCUT2D eigenvalue weighted by atomic mass is 16.5. The van der Waals surface area contributed by atoms with Gasteiger partial charge < -0.3 is 19.7 Å². The summed E-state index contributed by atoms with van der Waals surface area (Å²) in [6.07, 6.45) is 1.19. The number of nitrogens with zero attached hydrogens (tertiary/aromatic N) is 1. The molecule has 0 aliphatic carbocycles. The summed E-state index contributed by atoms with van der Waals surface area (Å²) >= 11 is 0. The van der Waals surface area contributed by atoms with E-state index in [2.05, 4.69) is 38.2 Å². The van der Waals surface area contributed by atoms with Gasteiger partial charge in [-0.3, -0.25) is 0 Å². The lowest BCUT2D eigenvalue weighted by molar-refractivity contribution is 0.246. The van der Waals surface area contributed by atoms with Crippen LogP contribution in [0.15, 0.2) is 18.2 Å². The van der Waals surface area contributed by atoms with Gasteiger partial charge in [0.2, 0.25) is 0 Å². The number of methoxy groups -OCH3 is 2. The molecule has 4 nitrogen and oxygen atoms in total. The summed E-state index contributed by atoms with van der Waals surface area (Å²) in [5, 5.41) is 3.54. The molecule has 0 spiro atoms. The van der Waals surface area contributed by atoms with Gasteiger partial charge in [0.1, 0.15) is 11.5 Å². The molecule has 120 valence electrons. The van der Waals surface area contributed by atoms with E-state index in [4.69, 9.17) is 9.47 Å². The molecule has 1 rings (SSSR count). The van der Waals surface area contributed by atoms with Gasteiger partial charge >= 0.3 is 0 Å². The second-order valence-corrected chi connectivity index (χ2v) is 6.06. The normalized spacial score (nSPS) is 12.8. The minimum absolute atomic E-state index is 0.543. The van der Waals surface area contributed by atoms with Crippen LogP contribution in [0, 0.1) is 5.92 Å². The van der Waals surface area contributed by atoms with Gasteiger partial charge in [-0.15, -0.1) is 0 Å². The van der Waals surface area contributed by atoms with Crippen molar-refractivity contribution in [2.75, 3.05) is 34.9 Å². The molecule has 0 radical (unpaired) electrons. The Morgan fingerprint density at radius 3 is 2.38 bits per heavy atom. The third-order valence-electron chi connectivity index (χ3n) is 3.66. The van der Waals surface area contributed by atoms with Crippen LogP contribution in [0.25, 0.3) is 0 Å². The van der Waals surface area contributed by atoms with Crippen molar-refractivity contribution in [1.82, 2.24) is 10.2 Å². The van der Waals surface area contributed by atoms with E-state index in [-0.39, 0.29) is 0 Å². The van der Waals surface area contributed by atoms with E-state index in [1.807, 2.05) is 18.2 Å². The second kappa shape index (κ2) is 8.90. The number of hydrogen-bond acceptors (Lipinski definition) is 4. The standard InChI is InChI=1S/C17H30N2O2/c1-13(2)9-15(19(3)4)12-18-11-14-10-16(20-5)7-8-17(14)21-6/h7-8,10,13,15,18H,9,11-12H2,1-6H3. The smallest absolute Gasteiger partial charge is 0.123 e. The molecule has 0 fully saturated rings. The topological polar surface area (TPSA) is 33.7 Å². The second-order valence-electron chi connectivity index (χ2n) is 6.06. The van der Waals surface area contributed by atoms with Gasteiger partial charge in [-0.2, -0.15) is 0 Å². The monoisotopic (exact) mass is 294 g/mol. The number of rotatable bonds is 9. The van der Waals surface area contributed by atoms with Crippen LogP contribution in [0.3, 0.4) is 0 Å². The zero-order valence-corrected chi connectivity index (χ0v) is 14.3. The van der Waals surface area contributed by atoms with Gasteiger partial charge in [-0.1, -0.05) is 13.8 Å². The first-order valence-electron chi connectivity index (χ1n) is 7.56. The first-order valence-corrected chi connectivity index (χ1v) is 7.56. The van der Waals surface area contributed by atoms with E-state index in [0.29, 0.717) is 12.0 Å². The highest BCUT2D eigenvalue weighted by Crippen LogP contribution is 2.23. The fourth-order valence-electron chi connectivity index (χ4n) is 2.41. The minimum Gasteiger partial charge on any atom is -0.497 e. The zero-order valence-electron chi connectivity index (χ0n) is 14.3. The molecule has 0 heterocycles. The molecule has 0 aromatic heterocycles. The van der Waals surface area contributed by atoms with Crippen molar-refractivity contribution in [1.29, 1.82) is 0 Å². The molecule has 1 atom stereocenters. The third-order valence-corrected chi connectivity index (χ3v) is 3.66. The first kappa shape index (κ1) is 17.8. The summed E-state index contributed by atoms with van der Waals surface area (Å²) in [7, 11) is 7.66. The van der Waals surface area contributed by atoms with Gasteiger partial charge in [0.05, 0.1) is 14.2 Å². The van der Waals surface area contributed by atoms with E-state index in [1.165, 1.54) is 6.42 Å². The van der Waals surface area contributed by atoms with Crippen molar-refractivity contribution in [3.63, 3.8) is 0 Å². The Morgan fingerprint density at radius 2 is 1.86 bits per heavy atom. The number of ether oxygens (including phenoxy) is 2. The first-order chi connectivity index (χ1) is 9.97. The molecular weight excluding hydrogens is 264 g/mol. The van der Waals surface area contributed by atoms with Crippen molar-refractivity contribution in [3.05, 3.63) is 23.8 Å². The summed E-state index contributed by atoms with van der Waals surface area (Å²) < 4.78 is 10.7. The summed E-state index contributed by atoms with van der Waals surface area (Å²) in [6.45, 7) is 6.28. The van der Waals surface area contributed by atoms with Crippen molar-refractivity contribution >= 4 is 0 Å². The minimum atomic E-state index is 0.543. The van der Waals surface area contributed by atoms with Gasteiger partial charge in [-0.05, 0) is 44.6 Å². The molecule has 1 aromatic carbocycles. The van der Waals surface area contributed by atoms with E-state index >= 15 is 0 Å². The molecule has 0 saturated heterocycles. The molecule has 4 heteroatoms. The Labute approximate surface area is 129 Å². The molecular formula is C17H30N2O2. The average molecular weight is 294 g/mol. The lowest BCUT2D eigenvalue weighted by Crippen LogP contribution is -2.38. The van der Waals surface area contributed by atoms with Crippen molar-refractivity contribution in [2.24, 2.45) is 5.92 Å². The van der Waals surface area contributed by atoms with E-state index in [0.717, 1.165) is 30.2 Å². The fraction of sp³-hybridized carbons (Fsp3) is 0.647. The lowest BCUT2D eigenvalue weighted by atomic mass is 10.0. The Morgan fingerprint density at radius 1 is 1.14 bits per heavy atom. The summed E-state index contributed by atoms with van der Waals surface area (Å²) in [5.74, 6) is 2.46. The van der Waals surface area contributed by atoms with Gasteiger partial charge in [0, 0.05) is 24.7 Å². The number of benzene rings is 1. The predicted octanol–water partition coefficient (Wildman–Crippen LogP) is 2.77. The van der Waals surface area contributed by atoms with Crippen LogP contribution in [0.5, 0.6) is 11.5 Å². The summed E-state index contributed by atoms with van der Waals surface area (Å²) in [4.78, 5) is 2.29. The molecule has 0 aliphatic rings. The molecule has 21 heavy (non-hydrogen) atoms. The van der Waals surface area contributed by atoms with E-state index in [1.54, 1.807) is 14.2 Å². The maximum atomic E-state index is 5.41. The van der Waals surface area contributed by atoms with Crippen LogP contribution in [-0.2, 0) is 6.54 Å². The highest BCUT2D eigenvalue weighted by Gasteiger charge is 2.13. The molecule has 1 N–H and O–H groups in total. The Bertz CT molecular complexity index is 419. The quantitative estimate of drug-likeness (QED) is 0.759. The van der Waals surface area contributed by atoms with Crippen LogP contribution in [0.1, 0.15) is 25.8 Å². The molecule has 1 unspecified atom stereocenters. The highest BCUT2D eigenvalue weighted by molar-refractivity contribution is 5.40. The Kier molecular flexibility index (Phi) is 7.54. The maximum absolute atomic E-state index is 5.41. The van der Waals surface area contributed by atoms with Crippen LogP contribution in [0.2, 0.25) is 0 Å². The number of nitrogens with one attached hydrogen (secondary N) is 1. The predicted molar refractivity (Wildman–Crippen MR) is 88.2 cm³/mol. The average Bonchev–Trinajstić information content (AvgIpc) is 2.45. The number of likely N-dealkylation sites (N-methyl/N-ethyl adjacent to an activating group) is 1. The number of hydrogen-bond donors (Lipinski definition) is 1. The van der Waals surface area contributed by atoms with Gasteiger partial charge in [-0.25, -0.2) is 0 Å². The largest absolute Gasteiger partial charge is 0.497 e. The Balaban J connectivity index is 2.61. The molecule has 0 bridgehead atoms. The van der Waals surface area contributed by atoms with Crippen molar-refractivity contribution in [3.8, 4) is 11.5 Å². The van der Waals surface area contributed by atoms with Crippen LogP contribution < -0.4 is 14.8 Å². The molecule has 1 aromatic rings. The molecule has 0 saturated carbocycles. The summed E-state index contributed by atoms with van der Waals surface area (Å²) in [6, 6.07) is 6.44. The molecule has 0 amide bonds. The SMILES string of the molecule is COc1ccc(OC)c(CNCC(CC(C)C)N(C)C)c1. The lowest BCUT2D eigenvalue weighted by Gasteiger charge is -2.26. The van der Waals surface area contributed by atoms with Crippen molar-refractivity contribution < 1.29 is 9.47 Å². The Hall–Kier alpha value is -1.26. The van der Waals surface area contributed by atoms with Crippen molar-refractivity contribution in [2.45, 2.75) is 32.9 Å². The van der Waals surface area contributed by atoms with Crippen LogP contribution >= 0.6 is 0 Å². The van der Waals surface area contributed by atoms with E-state index in [9.17, 15) is 0 Å². The maximum Gasteiger partial charge on any atom is 0.123 e. The summed E-state index contributed by atoms with van der Waals surface area (Å²) in [5.41, 5.74) is 1.12. The zero-order chi connectivity index (χ0) is 15.8. The van der Waals surface area contributed by atoms with Crippen LogP contribution in [0.4, 0.5) is 0 Å². The van der Waals surface area contributed by atoms with Crippen LogP contribution in [-0.4, -0.2) is 45.8 Å². The van der Waals surface area contributed by atoms with Gasteiger partial charge in [0.15, 0.2) is 0 Å². The third kappa shape index (κ3) is 5.94. The van der Waals surface area contributed by atoms with E-state index < -0.39 is 0 Å². The molecule has 0 aliphatic heterocycles. The van der Waals surface area contributed by atoms with Gasteiger partial charge in [0.25, 0.3) is 0 Å². The fourth-order valence-corrected chi connectivity index (χ4v) is 2.41.